The highest BCUT2D eigenvalue weighted by Gasteiger charge is 2.15. The molecule has 0 bridgehead atoms. The molecule has 0 amide bonds. The van der Waals surface area contributed by atoms with Crippen molar-refractivity contribution in [2.24, 2.45) is 0 Å². The topological polar surface area (TPSA) is 3.24 Å². The first-order valence-electron chi connectivity index (χ1n) is 3.32. The van der Waals surface area contributed by atoms with Gasteiger partial charge in [0.2, 0.25) is 0 Å². The average molecular weight is 157 g/mol. The van der Waals surface area contributed by atoms with Crippen LogP contribution in [-0.2, 0) is 13.0 Å². The van der Waals surface area contributed by atoms with E-state index in [2.05, 4.69) is 0 Å². The van der Waals surface area contributed by atoms with E-state index in [1.165, 1.54) is 10.4 Å². The Morgan fingerprint density at radius 3 is 3.40 bits per heavy atom. The molecule has 1 nitrogen and oxygen atoms in total. The number of halogens is 1. The van der Waals surface area contributed by atoms with Crippen molar-refractivity contribution >= 4 is 11.3 Å². The third kappa shape index (κ3) is 0.954. The highest BCUT2D eigenvalue weighted by Crippen LogP contribution is 2.23. The van der Waals surface area contributed by atoms with E-state index in [0.29, 0.717) is 13.1 Å². The molecule has 0 unspecified atom stereocenters. The van der Waals surface area contributed by atoms with E-state index < -0.39 is 0 Å². The number of nitrogens with zero attached hydrogens (tertiary/aromatic N) is 1. The van der Waals surface area contributed by atoms with Gasteiger partial charge in [0, 0.05) is 11.4 Å². The van der Waals surface area contributed by atoms with E-state index in [4.69, 9.17) is 0 Å². The van der Waals surface area contributed by atoms with Crippen LogP contribution in [0.25, 0.3) is 0 Å². The minimum atomic E-state index is 0.485. The molecule has 0 fully saturated rings. The molecule has 0 N–H and O–H groups in total. The van der Waals surface area contributed by atoms with Gasteiger partial charge in [-0.25, -0.2) is 0 Å². The maximum atomic E-state index is 12.6. The Kier molecular flexibility index (Phi) is 1.47. The zero-order valence-electron chi connectivity index (χ0n) is 5.51. The molecule has 10 heavy (non-hydrogen) atoms. The molecule has 1 aromatic rings. The zero-order valence-corrected chi connectivity index (χ0v) is 6.33. The molecule has 2 heterocycles. The normalized spacial score (nSPS) is 18.9. The van der Waals surface area contributed by atoms with Crippen molar-refractivity contribution in [2.45, 2.75) is 13.0 Å². The lowest BCUT2D eigenvalue weighted by molar-refractivity contribution is 0.0111. The molecule has 0 saturated heterocycles. The van der Waals surface area contributed by atoms with Gasteiger partial charge in [0.25, 0.3) is 0 Å². The lowest BCUT2D eigenvalue weighted by Crippen LogP contribution is -2.21. The Bertz CT molecular complexity index is 233. The summed E-state index contributed by atoms with van der Waals surface area (Å²) in [5.41, 5.74) is 1.17. The van der Waals surface area contributed by atoms with Gasteiger partial charge >= 0.3 is 0 Å². The molecule has 1 aliphatic rings. The van der Waals surface area contributed by atoms with Gasteiger partial charge in [-0.3, -0.25) is 0 Å². The van der Waals surface area contributed by atoms with Crippen molar-refractivity contribution in [3.63, 3.8) is 0 Å². The van der Waals surface area contributed by atoms with Crippen LogP contribution in [-0.4, -0.2) is 11.7 Å². The lowest BCUT2D eigenvalue weighted by Gasteiger charge is -2.17. The molecular weight excluding hydrogens is 149 g/mol. The van der Waals surface area contributed by atoms with Crippen LogP contribution in [0.3, 0.4) is 0 Å². The third-order valence-corrected chi connectivity index (χ3v) is 2.78. The predicted molar refractivity (Wildman–Crippen MR) is 39.5 cm³/mol. The first-order valence-corrected chi connectivity index (χ1v) is 4.20. The van der Waals surface area contributed by atoms with Crippen molar-refractivity contribution in [1.29, 1.82) is 0 Å². The molecule has 0 saturated carbocycles. The third-order valence-electron chi connectivity index (χ3n) is 1.76. The summed E-state index contributed by atoms with van der Waals surface area (Å²) >= 11 is 1.73. The Morgan fingerprint density at radius 2 is 2.50 bits per heavy atom. The van der Waals surface area contributed by atoms with Crippen molar-refractivity contribution in [2.75, 3.05) is 6.54 Å². The lowest BCUT2D eigenvalue weighted by atomic mass is 10.1. The van der Waals surface area contributed by atoms with Crippen LogP contribution in [0, 0.1) is 0 Å². The minimum absolute atomic E-state index is 0.485. The first-order chi connectivity index (χ1) is 4.86. The summed E-state index contributed by atoms with van der Waals surface area (Å²) in [6.45, 7) is 1.05. The minimum Gasteiger partial charge on any atom is -0.149 e. The van der Waals surface area contributed by atoms with Gasteiger partial charge in [-0.1, -0.05) is 0 Å². The molecule has 0 radical (unpaired) electrons. The van der Waals surface area contributed by atoms with E-state index in [1.807, 2.05) is 11.4 Å². The van der Waals surface area contributed by atoms with E-state index in [1.54, 1.807) is 11.3 Å². The quantitative estimate of drug-likeness (QED) is 0.520. The van der Waals surface area contributed by atoms with Crippen LogP contribution in [0.15, 0.2) is 11.4 Å². The highest BCUT2D eigenvalue weighted by atomic mass is 32.1. The highest BCUT2D eigenvalue weighted by molar-refractivity contribution is 7.10. The maximum absolute atomic E-state index is 12.6. The maximum Gasteiger partial charge on any atom is 0.0552 e. The second-order valence-corrected chi connectivity index (χ2v) is 3.46. The summed E-state index contributed by atoms with van der Waals surface area (Å²) in [5, 5.41) is 2.90. The van der Waals surface area contributed by atoms with E-state index >= 15 is 0 Å². The van der Waals surface area contributed by atoms with Gasteiger partial charge in [0.1, 0.15) is 0 Å². The fourth-order valence-corrected chi connectivity index (χ4v) is 2.10. The number of hydrogen-bond acceptors (Lipinski definition) is 2. The van der Waals surface area contributed by atoms with Gasteiger partial charge in [-0.2, -0.15) is 0 Å². The van der Waals surface area contributed by atoms with Gasteiger partial charge in [-0.05, 0) is 23.4 Å². The van der Waals surface area contributed by atoms with E-state index in [-0.39, 0.29) is 0 Å². The van der Waals surface area contributed by atoms with Crippen LogP contribution < -0.4 is 0 Å². The van der Waals surface area contributed by atoms with E-state index in [9.17, 15) is 4.48 Å². The molecule has 3 heteroatoms. The second-order valence-electron chi connectivity index (χ2n) is 2.46. The second kappa shape index (κ2) is 2.32. The molecular formula is C7H8FNS. The SMILES string of the molecule is FN1CCc2sccc2C1. The van der Waals surface area contributed by atoms with Crippen LogP contribution in [0.5, 0.6) is 0 Å². The Balaban J connectivity index is 2.30. The largest absolute Gasteiger partial charge is 0.149 e. The smallest absolute Gasteiger partial charge is 0.0552 e. The fourth-order valence-electron chi connectivity index (χ4n) is 1.21. The molecule has 2 rings (SSSR count). The van der Waals surface area contributed by atoms with Crippen molar-refractivity contribution in [3.05, 3.63) is 21.9 Å². The molecule has 1 aromatic heterocycles. The van der Waals surface area contributed by atoms with Gasteiger partial charge in [0.05, 0.1) is 6.54 Å². The monoisotopic (exact) mass is 157 g/mol. The Labute approximate surface area is 63.0 Å². The van der Waals surface area contributed by atoms with Crippen molar-refractivity contribution in [3.8, 4) is 0 Å². The Morgan fingerprint density at radius 1 is 1.60 bits per heavy atom. The summed E-state index contributed by atoms with van der Waals surface area (Å²) < 4.78 is 12.6. The van der Waals surface area contributed by atoms with Crippen molar-refractivity contribution < 1.29 is 4.48 Å². The zero-order chi connectivity index (χ0) is 6.97. The van der Waals surface area contributed by atoms with Gasteiger partial charge in [0.15, 0.2) is 0 Å². The van der Waals surface area contributed by atoms with E-state index in [0.717, 1.165) is 11.5 Å². The summed E-state index contributed by atoms with van der Waals surface area (Å²) in [4.78, 5) is 1.36. The van der Waals surface area contributed by atoms with Gasteiger partial charge < -0.3 is 0 Å². The summed E-state index contributed by atoms with van der Waals surface area (Å²) in [7, 11) is 0. The molecule has 0 atom stereocenters. The van der Waals surface area contributed by atoms with Crippen LogP contribution in [0.4, 0.5) is 4.48 Å². The van der Waals surface area contributed by atoms with Crippen LogP contribution in [0.1, 0.15) is 10.4 Å². The molecule has 1 aliphatic heterocycles. The summed E-state index contributed by atoms with van der Waals surface area (Å²) in [6, 6.07) is 2.01. The number of rotatable bonds is 0. The molecule has 0 aromatic carbocycles. The molecule has 0 spiro atoms. The number of thiophene rings is 1. The van der Waals surface area contributed by atoms with Crippen LogP contribution in [0.2, 0.25) is 0 Å². The van der Waals surface area contributed by atoms with Gasteiger partial charge in [-0.15, -0.1) is 20.9 Å². The predicted octanol–water partition coefficient (Wildman–Crippen LogP) is 1.99. The Hall–Kier alpha value is -0.410. The average Bonchev–Trinajstić information content (AvgIpc) is 2.33. The molecule has 54 valence electrons. The first kappa shape index (κ1) is 6.31. The molecule has 0 aliphatic carbocycles. The fraction of sp³-hybridized carbons (Fsp3) is 0.429. The number of fused-ring (bicyclic) bond motifs is 1. The summed E-state index contributed by atoms with van der Waals surface area (Å²) in [6.07, 6.45) is 0.878. The standard InChI is InChI=1S/C7H8FNS/c8-9-3-1-7-6(5-9)2-4-10-7/h2,4H,1,3,5H2. The van der Waals surface area contributed by atoms with Crippen molar-refractivity contribution in [1.82, 2.24) is 5.12 Å². The summed E-state index contributed by atoms with van der Waals surface area (Å²) in [5.74, 6) is 0. The van der Waals surface area contributed by atoms with Crippen LogP contribution >= 0.6 is 11.3 Å². The number of hydrogen-bond donors (Lipinski definition) is 0.